The van der Waals surface area contributed by atoms with Crippen LogP contribution in [0.1, 0.15) is 56.3 Å². The molecule has 3 heterocycles. The topological polar surface area (TPSA) is 119 Å². The van der Waals surface area contributed by atoms with Crippen molar-refractivity contribution in [1.82, 2.24) is 23.8 Å². The molecule has 2 atom stereocenters. The van der Waals surface area contributed by atoms with Gasteiger partial charge in [0.25, 0.3) is 0 Å². The summed E-state index contributed by atoms with van der Waals surface area (Å²) in [5.74, 6) is -0.648. The minimum atomic E-state index is -3.69. The van der Waals surface area contributed by atoms with E-state index in [-0.39, 0.29) is 18.2 Å². The van der Waals surface area contributed by atoms with E-state index in [4.69, 9.17) is 0 Å². The molecule has 180 valence electrons. The Labute approximate surface area is 197 Å². The molecule has 9 nitrogen and oxygen atoms in total. The van der Waals surface area contributed by atoms with Gasteiger partial charge in [0, 0.05) is 41.3 Å². The molecule has 0 spiro atoms. The normalized spacial score (nSPS) is 13.9. The highest BCUT2D eigenvalue weighted by Crippen LogP contribution is 2.31. The molecule has 4 aromatic rings. The van der Waals surface area contributed by atoms with E-state index in [0.29, 0.717) is 24.0 Å². The van der Waals surface area contributed by atoms with Crippen molar-refractivity contribution in [2.75, 3.05) is 6.26 Å². The van der Waals surface area contributed by atoms with E-state index in [1.165, 1.54) is 0 Å². The van der Waals surface area contributed by atoms with E-state index in [1.54, 1.807) is 21.4 Å². The Balaban J connectivity index is 1.86. The molecule has 2 N–H and O–H groups in total. The molecule has 0 aliphatic carbocycles. The number of fused-ring (bicyclic) bond motifs is 2. The number of aryl methyl sites for hydroxylation is 1. The van der Waals surface area contributed by atoms with Gasteiger partial charge in [-0.25, -0.2) is 18.2 Å². The number of hydrogen-bond donors (Lipinski definition) is 2. The van der Waals surface area contributed by atoms with E-state index in [0.717, 1.165) is 28.3 Å². The second-order valence-electron chi connectivity index (χ2n) is 8.73. The number of nitrogens with zero attached hydrogens (tertiary/aromatic N) is 3. The first-order chi connectivity index (χ1) is 16.1. The zero-order chi connectivity index (χ0) is 24.6. The van der Waals surface area contributed by atoms with E-state index in [9.17, 15) is 18.0 Å². The standard InChI is InChI=1S/C24H29N5O4S/c1-5-8-17(13-21(30)27-34(4,32)33)29-23-20(11-7-12-25-23)28(24(29)31)16(3)18-14-26-19-10-6-9-15(2)22(18)19/h6-7,9-12,14,16-17,26H,5,8,13H2,1-4H3,(H,27,30)/t16-,17?/m0/s1. The van der Waals surface area contributed by atoms with Gasteiger partial charge in [-0.2, -0.15) is 0 Å². The van der Waals surface area contributed by atoms with Gasteiger partial charge in [-0.1, -0.05) is 25.5 Å². The van der Waals surface area contributed by atoms with Gasteiger partial charge in [0.15, 0.2) is 5.65 Å². The highest BCUT2D eigenvalue weighted by molar-refractivity contribution is 7.89. The predicted octanol–water partition coefficient (Wildman–Crippen LogP) is 3.40. The summed E-state index contributed by atoms with van der Waals surface area (Å²) >= 11 is 0. The summed E-state index contributed by atoms with van der Waals surface area (Å²) in [5.41, 5.74) is 3.94. The highest BCUT2D eigenvalue weighted by Gasteiger charge is 2.27. The van der Waals surface area contributed by atoms with Crippen LogP contribution < -0.4 is 10.4 Å². The average Bonchev–Trinajstić information content (AvgIpc) is 3.31. The van der Waals surface area contributed by atoms with Crippen molar-refractivity contribution in [2.45, 2.75) is 52.1 Å². The van der Waals surface area contributed by atoms with Gasteiger partial charge in [0.1, 0.15) is 0 Å². The number of benzene rings is 1. The molecule has 0 bridgehead atoms. The van der Waals surface area contributed by atoms with Crippen LogP contribution >= 0.6 is 0 Å². The van der Waals surface area contributed by atoms with Gasteiger partial charge < -0.3 is 4.98 Å². The zero-order valence-corrected chi connectivity index (χ0v) is 20.5. The Kier molecular flexibility index (Phi) is 6.35. The van der Waals surface area contributed by atoms with Crippen LogP contribution in [-0.4, -0.2) is 39.7 Å². The number of sulfonamides is 1. The van der Waals surface area contributed by atoms with Gasteiger partial charge in [-0.05, 0) is 44.0 Å². The summed E-state index contributed by atoms with van der Waals surface area (Å²) in [6.07, 6.45) is 5.56. The summed E-state index contributed by atoms with van der Waals surface area (Å²) < 4.78 is 28.3. The molecule has 34 heavy (non-hydrogen) atoms. The first-order valence-corrected chi connectivity index (χ1v) is 13.2. The molecule has 0 saturated carbocycles. The first kappa shape index (κ1) is 23.7. The minimum absolute atomic E-state index is 0.142. The van der Waals surface area contributed by atoms with Crippen molar-refractivity contribution in [3.63, 3.8) is 0 Å². The van der Waals surface area contributed by atoms with Crippen molar-refractivity contribution in [1.29, 1.82) is 0 Å². The molecule has 1 unspecified atom stereocenters. The molecular formula is C24H29N5O4S. The number of aromatic amines is 1. The fraction of sp³-hybridized carbons (Fsp3) is 0.375. The van der Waals surface area contributed by atoms with E-state index < -0.39 is 22.0 Å². The maximum atomic E-state index is 13.9. The Morgan fingerprint density at radius 1 is 1.21 bits per heavy atom. The van der Waals surface area contributed by atoms with Gasteiger partial charge in [0.05, 0.1) is 17.8 Å². The molecule has 3 aromatic heterocycles. The lowest BCUT2D eigenvalue weighted by Gasteiger charge is -2.17. The SMILES string of the molecule is CCCC(CC(=O)NS(C)(=O)=O)n1c(=O)n([C@@H](C)c2c[nH]c3cccc(C)c23)c2cccnc21. The second-order valence-corrected chi connectivity index (χ2v) is 10.5. The van der Waals surface area contributed by atoms with Crippen LogP contribution in [-0.2, 0) is 14.8 Å². The smallest absolute Gasteiger partial charge is 0.331 e. The molecule has 4 rings (SSSR count). The third kappa shape index (κ3) is 4.37. The van der Waals surface area contributed by atoms with Crippen molar-refractivity contribution in [2.24, 2.45) is 0 Å². The molecule has 0 fully saturated rings. The summed E-state index contributed by atoms with van der Waals surface area (Å²) in [7, 11) is -3.69. The number of pyridine rings is 1. The molecular weight excluding hydrogens is 454 g/mol. The summed E-state index contributed by atoms with van der Waals surface area (Å²) in [5, 5.41) is 1.07. The molecule has 0 saturated heterocycles. The number of carbonyl (C=O) groups excluding carboxylic acids is 1. The number of carbonyl (C=O) groups is 1. The minimum Gasteiger partial charge on any atom is -0.361 e. The fourth-order valence-electron chi connectivity index (χ4n) is 4.76. The number of nitrogens with one attached hydrogen (secondary N) is 2. The third-order valence-corrected chi connectivity index (χ3v) is 6.75. The van der Waals surface area contributed by atoms with Gasteiger partial charge >= 0.3 is 5.69 Å². The number of rotatable bonds is 8. The number of aromatic nitrogens is 4. The number of imidazole rings is 1. The van der Waals surface area contributed by atoms with Crippen molar-refractivity contribution >= 4 is 38.0 Å². The van der Waals surface area contributed by atoms with E-state index >= 15 is 0 Å². The third-order valence-electron chi connectivity index (χ3n) is 6.16. The lowest BCUT2D eigenvalue weighted by atomic mass is 10.0. The van der Waals surface area contributed by atoms with Crippen LogP contribution in [0.5, 0.6) is 0 Å². The Bertz CT molecular complexity index is 1530. The van der Waals surface area contributed by atoms with Crippen molar-refractivity contribution in [3.05, 3.63) is 64.3 Å². The predicted molar refractivity (Wildman–Crippen MR) is 132 cm³/mol. The van der Waals surface area contributed by atoms with Crippen LogP contribution in [0.25, 0.3) is 22.1 Å². The van der Waals surface area contributed by atoms with E-state index in [2.05, 4.69) is 9.97 Å². The Morgan fingerprint density at radius 2 is 1.97 bits per heavy atom. The van der Waals surface area contributed by atoms with E-state index in [1.807, 2.05) is 56.0 Å². The van der Waals surface area contributed by atoms with Gasteiger partial charge in [-0.15, -0.1) is 0 Å². The molecule has 1 aromatic carbocycles. The summed E-state index contributed by atoms with van der Waals surface area (Å²) in [4.78, 5) is 34.1. The molecule has 1 amide bonds. The maximum absolute atomic E-state index is 13.9. The Hall–Kier alpha value is -3.40. The Morgan fingerprint density at radius 3 is 2.68 bits per heavy atom. The lowest BCUT2D eigenvalue weighted by molar-refractivity contribution is -0.120. The molecule has 10 heteroatoms. The number of amides is 1. The summed E-state index contributed by atoms with van der Waals surface area (Å²) in [6, 6.07) is 8.82. The van der Waals surface area contributed by atoms with Crippen molar-refractivity contribution < 1.29 is 13.2 Å². The monoisotopic (exact) mass is 483 g/mol. The van der Waals surface area contributed by atoms with Crippen molar-refractivity contribution in [3.8, 4) is 0 Å². The molecule has 0 radical (unpaired) electrons. The van der Waals surface area contributed by atoms with Gasteiger partial charge in [-0.3, -0.25) is 18.7 Å². The zero-order valence-electron chi connectivity index (χ0n) is 19.7. The number of H-pyrrole nitrogens is 1. The van der Waals surface area contributed by atoms with Gasteiger partial charge in [0.2, 0.25) is 15.9 Å². The first-order valence-electron chi connectivity index (χ1n) is 11.3. The molecule has 0 aliphatic rings. The maximum Gasteiger partial charge on any atom is 0.331 e. The highest BCUT2D eigenvalue weighted by atomic mass is 32.2. The second kappa shape index (κ2) is 9.09. The molecule has 0 aliphatic heterocycles. The largest absolute Gasteiger partial charge is 0.361 e. The average molecular weight is 484 g/mol. The lowest BCUT2D eigenvalue weighted by Crippen LogP contribution is -2.34. The number of hydrogen-bond acceptors (Lipinski definition) is 5. The van der Waals surface area contributed by atoms with Crippen LogP contribution in [0.4, 0.5) is 0 Å². The van der Waals surface area contributed by atoms with Crippen LogP contribution in [0.15, 0.2) is 47.5 Å². The van der Waals surface area contributed by atoms with Crippen LogP contribution in [0.3, 0.4) is 0 Å². The summed E-state index contributed by atoms with van der Waals surface area (Å²) in [6.45, 7) is 5.96. The fourth-order valence-corrected chi connectivity index (χ4v) is 5.26. The van der Waals surface area contributed by atoms with Crippen LogP contribution in [0.2, 0.25) is 0 Å². The van der Waals surface area contributed by atoms with Crippen LogP contribution in [0, 0.1) is 6.92 Å². The quantitative estimate of drug-likeness (QED) is 0.398.